The highest BCUT2D eigenvalue weighted by Crippen LogP contribution is 2.31. The molecule has 1 heterocycles. The maximum Gasteiger partial charge on any atom is 0.132 e. The molecule has 94 valence electrons. The number of nitrogens with one attached hydrogen (secondary N) is 1. The van der Waals surface area contributed by atoms with E-state index in [1.807, 2.05) is 0 Å². The Balaban J connectivity index is 2.52. The van der Waals surface area contributed by atoms with Crippen LogP contribution in [-0.4, -0.2) is 17.1 Å². The maximum absolute atomic E-state index is 13.9. The van der Waals surface area contributed by atoms with Gasteiger partial charge in [-0.05, 0) is 12.1 Å². The third-order valence-electron chi connectivity index (χ3n) is 2.60. The predicted molar refractivity (Wildman–Crippen MR) is 64.2 cm³/mol. The first-order valence-corrected chi connectivity index (χ1v) is 5.31. The van der Waals surface area contributed by atoms with Gasteiger partial charge in [0.25, 0.3) is 0 Å². The zero-order valence-electron chi connectivity index (χ0n) is 9.80. The lowest BCUT2D eigenvalue weighted by Gasteiger charge is -2.19. The van der Waals surface area contributed by atoms with Crippen molar-refractivity contribution in [1.29, 1.82) is 0 Å². The van der Waals surface area contributed by atoms with Crippen LogP contribution in [0.2, 0.25) is 0 Å². The number of nitrogens with two attached hydrogens (primary N) is 1. The summed E-state index contributed by atoms with van der Waals surface area (Å²) in [6, 6.07) is 4.04. The molecule has 0 radical (unpaired) electrons. The molecule has 1 aromatic carbocycles. The van der Waals surface area contributed by atoms with E-state index in [9.17, 15) is 4.39 Å². The fourth-order valence-corrected chi connectivity index (χ4v) is 1.78. The van der Waals surface area contributed by atoms with Crippen LogP contribution in [0.5, 0.6) is 5.75 Å². The molecular weight excluding hydrogens is 235 g/mol. The first-order valence-electron chi connectivity index (χ1n) is 5.31. The standard InChI is InChI=1S/C12H13FN4O/c1-18-10-4-2-3-9(13)11(10)12(17-14)8-5-15-7-16-6-8/h2-7,12,17H,14H2,1H3. The molecule has 0 saturated heterocycles. The van der Waals surface area contributed by atoms with Gasteiger partial charge in [0.1, 0.15) is 17.9 Å². The van der Waals surface area contributed by atoms with Crippen LogP contribution >= 0.6 is 0 Å². The first-order chi connectivity index (χ1) is 8.77. The number of methoxy groups -OCH3 is 1. The van der Waals surface area contributed by atoms with E-state index in [0.717, 1.165) is 0 Å². The molecule has 0 aliphatic carbocycles. The van der Waals surface area contributed by atoms with Crippen molar-refractivity contribution in [2.24, 2.45) is 5.84 Å². The Morgan fingerprint density at radius 1 is 1.33 bits per heavy atom. The van der Waals surface area contributed by atoms with E-state index < -0.39 is 11.9 Å². The van der Waals surface area contributed by atoms with Gasteiger partial charge in [-0.25, -0.2) is 19.8 Å². The van der Waals surface area contributed by atoms with E-state index in [1.54, 1.807) is 24.5 Å². The van der Waals surface area contributed by atoms with E-state index in [1.165, 1.54) is 19.5 Å². The number of hydrogen-bond donors (Lipinski definition) is 2. The zero-order valence-corrected chi connectivity index (χ0v) is 9.80. The first kappa shape index (κ1) is 12.4. The quantitative estimate of drug-likeness (QED) is 0.628. The number of nitrogens with zero attached hydrogens (tertiary/aromatic N) is 2. The number of hydrogen-bond acceptors (Lipinski definition) is 5. The molecule has 0 saturated carbocycles. The lowest BCUT2D eigenvalue weighted by Crippen LogP contribution is -2.30. The lowest BCUT2D eigenvalue weighted by atomic mass is 10.0. The fourth-order valence-electron chi connectivity index (χ4n) is 1.78. The second-order valence-electron chi connectivity index (χ2n) is 3.63. The van der Waals surface area contributed by atoms with Crippen molar-refractivity contribution in [3.05, 3.63) is 53.9 Å². The molecule has 6 heteroatoms. The summed E-state index contributed by atoms with van der Waals surface area (Å²) in [7, 11) is 1.48. The molecular formula is C12H13FN4O. The highest BCUT2D eigenvalue weighted by Gasteiger charge is 2.21. The van der Waals surface area contributed by atoms with E-state index >= 15 is 0 Å². The number of halogens is 1. The number of hydrazine groups is 1. The van der Waals surface area contributed by atoms with Crippen LogP contribution in [0.15, 0.2) is 36.9 Å². The average Bonchev–Trinajstić information content (AvgIpc) is 2.42. The summed E-state index contributed by atoms with van der Waals surface area (Å²) in [4.78, 5) is 7.79. The normalized spacial score (nSPS) is 12.2. The molecule has 0 bridgehead atoms. The molecule has 2 aromatic rings. The summed E-state index contributed by atoms with van der Waals surface area (Å²) in [5.74, 6) is 5.52. The van der Waals surface area contributed by atoms with Gasteiger partial charge in [-0.1, -0.05) is 6.07 Å². The lowest BCUT2D eigenvalue weighted by molar-refractivity contribution is 0.397. The van der Waals surface area contributed by atoms with E-state index in [0.29, 0.717) is 16.9 Å². The van der Waals surface area contributed by atoms with Gasteiger partial charge in [0.2, 0.25) is 0 Å². The average molecular weight is 248 g/mol. The van der Waals surface area contributed by atoms with Crippen molar-refractivity contribution in [1.82, 2.24) is 15.4 Å². The Morgan fingerprint density at radius 3 is 2.67 bits per heavy atom. The Labute approximate surface area is 104 Å². The van der Waals surface area contributed by atoms with Crippen LogP contribution in [0.4, 0.5) is 4.39 Å². The fraction of sp³-hybridized carbons (Fsp3) is 0.167. The number of aromatic nitrogens is 2. The minimum atomic E-state index is -0.567. The molecule has 2 rings (SSSR count). The molecule has 0 amide bonds. The minimum absolute atomic E-state index is 0.331. The third-order valence-corrected chi connectivity index (χ3v) is 2.60. The summed E-state index contributed by atoms with van der Waals surface area (Å²) in [6.07, 6.45) is 4.54. The second kappa shape index (κ2) is 5.52. The molecule has 1 unspecified atom stereocenters. The van der Waals surface area contributed by atoms with E-state index in [4.69, 9.17) is 10.6 Å². The highest BCUT2D eigenvalue weighted by molar-refractivity contribution is 5.41. The van der Waals surface area contributed by atoms with Crippen molar-refractivity contribution in [2.75, 3.05) is 7.11 Å². The van der Waals surface area contributed by atoms with Gasteiger partial charge < -0.3 is 4.74 Å². The Bertz CT molecular complexity index is 521. The largest absolute Gasteiger partial charge is 0.496 e. The topological polar surface area (TPSA) is 73.1 Å². The molecule has 3 N–H and O–H groups in total. The van der Waals surface area contributed by atoms with Crippen LogP contribution in [0.25, 0.3) is 0 Å². The molecule has 0 aliphatic heterocycles. The molecule has 0 aliphatic rings. The van der Waals surface area contributed by atoms with Crippen LogP contribution in [0.1, 0.15) is 17.2 Å². The van der Waals surface area contributed by atoms with Gasteiger partial charge in [0, 0.05) is 18.0 Å². The smallest absolute Gasteiger partial charge is 0.132 e. The van der Waals surface area contributed by atoms with Crippen LogP contribution in [0, 0.1) is 5.82 Å². The monoisotopic (exact) mass is 248 g/mol. The van der Waals surface area contributed by atoms with Crippen LogP contribution in [-0.2, 0) is 0 Å². The van der Waals surface area contributed by atoms with Crippen molar-refractivity contribution in [3.8, 4) is 5.75 Å². The minimum Gasteiger partial charge on any atom is -0.496 e. The van der Waals surface area contributed by atoms with Gasteiger partial charge in [-0.15, -0.1) is 0 Å². The molecule has 0 spiro atoms. The Morgan fingerprint density at radius 2 is 2.06 bits per heavy atom. The van der Waals surface area contributed by atoms with Gasteiger partial charge in [0.05, 0.1) is 18.7 Å². The van der Waals surface area contributed by atoms with Gasteiger partial charge in [-0.2, -0.15) is 0 Å². The maximum atomic E-state index is 13.9. The van der Waals surface area contributed by atoms with Gasteiger partial charge in [-0.3, -0.25) is 5.84 Å². The molecule has 1 atom stereocenters. The SMILES string of the molecule is COc1cccc(F)c1C(NN)c1cncnc1. The third kappa shape index (κ3) is 2.29. The Kier molecular flexibility index (Phi) is 3.81. The van der Waals surface area contributed by atoms with Crippen molar-refractivity contribution < 1.29 is 9.13 Å². The van der Waals surface area contributed by atoms with Crippen LogP contribution in [0.3, 0.4) is 0 Å². The molecule has 1 aromatic heterocycles. The predicted octanol–water partition coefficient (Wildman–Crippen LogP) is 1.18. The number of ether oxygens (including phenoxy) is 1. The summed E-state index contributed by atoms with van der Waals surface area (Å²) >= 11 is 0. The summed E-state index contributed by atoms with van der Waals surface area (Å²) < 4.78 is 19.1. The van der Waals surface area contributed by atoms with E-state index in [-0.39, 0.29) is 0 Å². The summed E-state index contributed by atoms with van der Waals surface area (Å²) in [6.45, 7) is 0. The second-order valence-corrected chi connectivity index (χ2v) is 3.63. The van der Waals surface area contributed by atoms with Crippen molar-refractivity contribution in [3.63, 3.8) is 0 Å². The molecule has 0 fully saturated rings. The van der Waals surface area contributed by atoms with Crippen molar-refractivity contribution in [2.45, 2.75) is 6.04 Å². The van der Waals surface area contributed by atoms with Crippen molar-refractivity contribution >= 4 is 0 Å². The highest BCUT2D eigenvalue weighted by atomic mass is 19.1. The summed E-state index contributed by atoms with van der Waals surface area (Å²) in [5.41, 5.74) is 3.54. The van der Waals surface area contributed by atoms with Gasteiger partial charge in [0.15, 0.2) is 0 Å². The molecule has 18 heavy (non-hydrogen) atoms. The summed E-state index contributed by atoms with van der Waals surface area (Å²) in [5, 5.41) is 0. The van der Waals surface area contributed by atoms with Gasteiger partial charge >= 0.3 is 0 Å². The number of rotatable bonds is 4. The number of benzene rings is 1. The van der Waals surface area contributed by atoms with E-state index in [2.05, 4.69) is 15.4 Å². The molecule has 5 nitrogen and oxygen atoms in total. The van der Waals surface area contributed by atoms with Crippen LogP contribution < -0.4 is 16.0 Å². The Hall–Kier alpha value is -2.05. The zero-order chi connectivity index (χ0) is 13.0.